The van der Waals surface area contributed by atoms with Gasteiger partial charge in [-0.05, 0) is 43.5 Å². The maximum atomic E-state index is 12.4. The largest absolute Gasteiger partial charge is 0.472 e. The number of carbonyl (C=O) groups excluding carboxylic acids is 1. The molecule has 4 rings (SSSR count). The van der Waals surface area contributed by atoms with Gasteiger partial charge < -0.3 is 14.5 Å². The van der Waals surface area contributed by atoms with Crippen molar-refractivity contribution in [3.05, 3.63) is 54.2 Å². The molecule has 4 heterocycles. The lowest BCUT2D eigenvalue weighted by molar-refractivity contribution is -0.133. The first-order valence-corrected chi connectivity index (χ1v) is 8.84. The van der Waals surface area contributed by atoms with E-state index in [0.29, 0.717) is 12.5 Å². The van der Waals surface area contributed by atoms with Crippen molar-refractivity contribution < 1.29 is 13.9 Å². The quantitative estimate of drug-likeness (QED) is 0.901. The van der Waals surface area contributed by atoms with Gasteiger partial charge in [-0.2, -0.15) is 0 Å². The molecule has 1 amide bonds. The molecule has 0 saturated carbocycles. The first-order valence-electron chi connectivity index (χ1n) is 8.84. The third-order valence-corrected chi connectivity index (χ3v) is 5.08. The van der Waals surface area contributed by atoms with E-state index in [9.17, 15) is 4.79 Å². The number of likely N-dealkylation sites (tertiary alicyclic amines) is 1. The Bertz CT molecular complexity index is 689. The van der Waals surface area contributed by atoms with Gasteiger partial charge in [0.1, 0.15) is 6.10 Å². The van der Waals surface area contributed by atoms with Gasteiger partial charge in [0.2, 0.25) is 5.91 Å². The summed E-state index contributed by atoms with van der Waals surface area (Å²) in [7, 11) is 0. The molecule has 2 aromatic rings. The summed E-state index contributed by atoms with van der Waals surface area (Å²) in [6.45, 7) is 3.24. The first-order chi connectivity index (χ1) is 12.3. The topological polar surface area (TPSA) is 67.6 Å². The van der Waals surface area contributed by atoms with Crippen molar-refractivity contribution in [2.24, 2.45) is 5.92 Å². The van der Waals surface area contributed by atoms with Crippen LogP contribution in [0.2, 0.25) is 0 Å². The van der Waals surface area contributed by atoms with E-state index in [0.717, 1.165) is 38.2 Å². The van der Waals surface area contributed by atoms with Gasteiger partial charge in [-0.15, -0.1) is 0 Å². The highest BCUT2D eigenvalue weighted by Crippen LogP contribution is 2.33. The van der Waals surface area contributed by atoms with E-state index >= 15 is 0 Å². The highest BCUT2D eigenvalue weighted by Gasteiger charge is 2.41. The van der Waals surface area contributed by atoms with Gasteiger partial charge in [-0.3, -0.25) is 14.7 Å². The van der Waals surface area contributed by atoms with Crippen LogP contribution in [0.3, 0.4) is 0 Å². The molecular weight excluding hydrogens is 318 g/mol. The van der Waals surface area contributed by atoms with Gasteiger partial charge >= 0.3 is 0 Å². The lowest BCUT2D eigenvalue weighted by atomic mass is 9.91. The van der Waals surface area contributed by atoms with E-state index < -0.39 is 0 Å². The number of ether oxygens (including phenoxy) is 1. The molecule has 25 heavy (non-hydrogen) atoms. The summed E-state index contributed by atoms with van der Waals surface area (Å²) in [5.41, 5.74) is 2.04. The monoisotopic (exact) mass is 341 g/mol. The Hall–Kier alpha value is -2.18. The molecule has 1 N–H and O–H groups in total. The Morgan fingerprint density at radius 2 is 2.32 bits per heavy atom. The summed E-state index contributed by atoms with van der Waals surface area (Å²) in [6, 6.07) is 7.69. The molecule has 3 atom stereocenters. The lowest BCUT2D eigenvalue weighted by Crippen LogP contribution is -2.42. The molecule has 0 unspecified atom stereocenters. The lowest BCUT2D eigenvalue weighted by Gasteiger charge is -2.33. The van der Waals surface area contributed by atoms with Crippen molar-refractivity contribution in [3.8, 4) is 0 Å². The fourth-order valence-electron chi connectivity index (χ4n) is 3.74. The molecule has 0 radical (unpaired) electrons. The van der Waals surface area contributed by atoms with Crippen LogP contribution in [0.1, 0.15) is 24.1 Å². The second-order valence-electron chi connectivity index (χ2n) is 6.85. The first kappa shape index (κ1) is 16.3. The highest BCUT2D eigenvalue weighted by atomic mass is 16.5. The second kappa shape index (κ2) is 7.37. The average molecular weight is 341 g/mol. The van der Waals surface area contributed by atoms with Gasteiger partial charge in [0, 0.05) is 24.8 Å². The SMILES string of the molecule is O=C(NCc1ccccn1)[C@@H]1C[C@@H]2CCN(Cc3ccoc3)C[C@H]2O1. The van der Waals surface area contributed by atoms with Crippen LogP contribution in [0.5, 0.6) is 0 Å². The predicted octanol–water partition coefficient (Wildman–Crippen LogP) is 1.97. The molecule has 0 aromatic carbocycles. The Labute approximate surface area is 147 Å². The number of hydrogen-bond acceptors (Lipinski definition) is 5. The summed E-state index contributed by atoms with van der Waals surface area (Å²) in [6.07, 6.45) is 6.92. The van der Waals surface area contributed by atoms with Crippen molar-refractivity contribution in [3.63, 3.8) is 0 Å². The molecule has 132 valence electrons. The average Bonchev–Trinajstić information content (AvgIpc) is 3.30. The maximum Gasteiger partial charge on any atom is 0.249 e. The predicted molar refractivity (Wildman–Crippen MR) is 91.5 cm³/mol. The zero-order valence-electron chi connectivity index (χ0n) is 14.1. The molecule has 0 bridgehead atoms. The van der Waals surface area contributed by atoms with Crippen LogP contribution in [-0.2, 0) is 22.6 Å². The number of nitrogens with zero attached hydrogens (tertiary/aromatic N) is 2. The Balaban J connectivity index is 1.28. The summed E-state index contributed by atoms with van der Waals surface area (Å²) in [4.78, 5) is 19.0. The highest BCUT2D eigenvalue weighted by molar-refractivity contribution is 5.81. The third kappa shape index (κ3) is 3.91. The summed E-state index contributed by atoms with van der Waals surface area (Å²) in [5.74, 6) is 0.452. The second-order valence-corrected chi connectivity index (χ2v) is 6.85. The Morgan fingerprint density at radius 1 is 1.36 bits per heavy atom. The molecule has 2 aliphatic heterocycles. The smallest absolute Gasteiger partial charge is 0.249 e. The maximum absolute atomic E-state index is 12.4. The fourth-order valence-corrected chi connectivity index (χ4v) is 3.74. The van der Waals surface area contributed by atoms with E-state index in [1.54, 1.807) is 18.7 Å². The van der Waals surface area contributed by atoms with Gasteiger partial charge in [0.15, 0.2) is 0 Å². The molecule has 0 aliphatic carbocycles. The van der Waals surface area contributed by atoms with Crippen LogP contribution in [0.25, 0.3) is 0 Å². The van der Waals surface area contributed by atoms with E-state index in [1.165, 1.54) is 5.56 Å². The standard InChI is InChI=1S/C19H23N3O3/c23-19(21-10-16-3-1-2-6-20-16)17-9-15-4-7-22(12-18(15)25-17)11-14-5-8-24-13-14/h1-3,5-6,8,13,15,17-18H,4,7,9-12H2,(H,21,23)/t15-,17-,18+/m0/s1. The molecule has 2 fully saturated rings. The van der Waals surface area contributed by atoms with Gasteiger partial charge in [0.05, 0.1) is 30.9 Å². The summed E-state index contributed by atoms with van der Waals surface area (Å²) in [5, 5.41) is 2.95. The molecule has 6 heteroatoms. The van der Waals surface area contributed by atoms with Crippen LogP contribution in [-0.4, -0.2) is 41.1 Å². The van der Waals surface area contributed by atoms with Crippen LogP contribution in [0.15, 0.2) is 47.4 Å². The van der Waals surface area contributed by atoms with Crippen molar-refractivity contribution in [1.82, 2.24) is 15.2 Å². The van der Waals surface area contributed by atoms with E-state index in [-0.39, 0.29) is 18.1 Å². The number of piperidine rings is 1. The van der Waals surface area contributed by atoms with Crippen LogP contribution in [0, 0.1) is 5.92 Å². The zero-order chi connectivity index (χ0) is 17.1. The fraction of sp³-hybridized carbons (Fsp3) is 0.474. The summed E-state index contributed by atoms with van der Waals surface area (Å²) >= 11 is 0. The Morgan fingerprint density at radius 3 is 3.12 bits per heavy atom. The van der Waals surface area contributed by atoms with E-state index in [4.69, 9.17) is 9.15 Å². The van der Waals surface area contributed by atoms with Crippen LogP contribution in [0.4, 0.5) is 0 Å². The third-order valence-electron chi connectivity index (χ3n) is 5.08. The van der Waals surface area contributed by atoms with E-state index in [2.05, 4.69) is 15.2 Å². The zero-order valence-corrected chi connectivity index (χ0v) is 14.1. The number of pyridine rings is 1. The molecular formula is C19H23N3O3. The van der Waals surface area contributed by atoms with Crippen LogP contribution < -0.4 is 5.32 Å². The molecule has 2 aromatic heterocycles. The number of furan rings is 1. The number of fused-ring (bicyclic) bond motifs is 1. The number of hydrogen-bond donors (Lipinski definition) is 1. The van der Waals surface area contributed by atoms with Crippen molar-refractivity contribution in [2.75, 3.05) is 13.1 Å². The van der Waals surface area contributed by atoms with Crippen molar-refractivity contribution in [2.45, 2.75) is 38.1 Å². The van der Waals surface area contributed by atoms with E-state index in [1.807, 2.05) is 24.3 Å². The number of carbonyl (C=O) groups is 1. The molecule has 2 aliphatic rings. The van der Waals surface area contributed by atoms with Crippen LogP contribution >= 0.6 is 0 Å². The molecule has 6 nitrogen and oxygen atoms in total. The number of aromatic nitrogens is 1. The normalized spacial score (nSPS) is 26.3. The minimum absolute atomic E-state index is 0.0264. The minimum atomic E-state index is -0.340. The Kier molecular flexibility index (Phi) is 4.81. The van der Waals surface area contributed by atoms with Gasteiger partial charge in [-0.1, -0.05) is 6.07 Å². The summed E-state index contributed by atoms with van der Waals surface area (Å²) < 4.78 is 11.2. The number of nitrogens with one attached hydrogen (secondary N) is 1. The minimum Gasteiger partial charge on any atom is -0.472 e. The van der Waals surface area contributed by atoms with Crippen molar-refractivity contribution >= 4 is 5.91 Å². The number of amides is 1. The van der Waals surface area contributed by atoms with Gasteiger partial charge in [0.25, 0.3) is 0 Å². The number of rotatable bonds is 5. The molecule has 2 saturated heterocycles. The van der Waals surface area contributed by atoms with Gasteiger partial charge in [-0.25, -0.2) is 0 Å². The van der Waals surface area contributed by atoms with Crippen molar-refractivity contribution in [1.29, 1.82) is 0 Å². The molecule has 0 spiro atoms.